The van der Waals surface area contributed by atoms with Crippen molar-refractivity contribution in [2.24, 2.45) is 0 Å². The fourth-order valence-corrected chi connectivity index (χ4v) is 2.46. The van der Waals surface area contributed by atoms with Crippen molar-refractivity contribution in [1.82, 2.24) is 9.78 Å². The number of ether oxygens (including phenoxy) is 1. The van der Waals surface area contributed by atoms with Gasteiger partial charge in [0.15, 0.2) is 5.76 Å². The maximum Gasteiger partial charge on any atom is 0.291 e. The second-order valence-corrected chi connectivity index (χ2v) is 5.54. The first-order valence-corrected chi connectivity index (χ1v) is 7.60. The van der Waals surface area contributed by atoms with Crippen LogP contribution in [0.4, 0.5) is 5.69 Å². The molecule has 6 heteroatoms. The predicted octanol–water partition coefficient (Wildman–Crippen LogP) is 3.40. The Balaban J connectivity index is 1.70. The summed E-state index contributed by atoms with van der Waals surface area (Å²) in [5, 5.41) is 7.18. The van der Waals surface area contributed by atoms with Crippen LogP contribution in [0.15, 0.2) is 46.9 Å². The molecule has 3 rings (SSSR count). The third-order valence-electron chi connectivity index (χ3n) is 3.62. The standard InChI is InChI=1S/C18H19N3O3/c1-12-9-13(2)21(20-12)11-16-7-8-17(24-16)18(22)19-14-5-4-6-15(10-14)23-3/h4-10H,11H2,1-3H3,(H,19,22). The maximum atomic E-state index is 12.3. The largest absolute Gasteiger partial charge is 0.497 e. The SMILES string of the molecule is COc1cccc(NC(=O)c2ccc(Cn3nc(C)cc3C)o2)c1. The topological polar surface area (TPSA) is 69.3 Å². The number of nitrogens with zero attached hydrogens (tertiary/aromatic N) is 2. The van der Waals surface area contributed by atoms with Gasteiger partial charge in [-0.2, -0.15) is 5.10 Å². The smallest absolute Gasteiger partial charge is 0.291 e. The molecular formula is C18H19N3O3. The van der Waals surface area contributed by atoms with Gasteiger partial charge < -0.3 is 14.5 Å². The van der Waals surface area contributed by atoms with E-state index in [9.17, 15) is 4.79 Å². The van der Waals surface area contributed by atoms with Crippen LogP contribution in [-0.2, 0) is 6.54 Å². The van der Waals surface area contributed by atoms with E-state index in [1.807, 2.05) is 36.7 Å². The van der Waals surface area contributed by atoms with Gasteiger partial charge in [-0.1, -0.05) is 6.07 Å². The molecule has 0 saturated carbocycles. The molecule has 2 heterocycles. The molecule has 1 amide bonds. The Morgan fingerprint density at radius 2 is 2.08 bits per heavy atom. The second kappa shape index (κ2) is 6.62. The van der Waals surface area contributed by atoms with Gasteiger partial charge >= 0.3 is 0 Å². The average molecular weight is 325 g/mol. The summed E-state index contributed by atoms with van der Waals surface area (Å²) in [6, 6.07) is 12.6. The molecule has 3 aromatic rings. The molecule has 0 fully saturated rings. The number of carbonyl (C=O) groups excluding carboxylic acids is 1. The van der Waals surface area contributed by atoms with Gasteiger partial charge in [-0.25, -0.2) is 0 Å². The fourth-order valence-electron chi connectivity index (χ4n) is 2.46. The summed E-state index contributed by atoms with van der Waals surface area (Å²) in [6.07, 6.45) is 0. The van der Waals surface area contributed by atoms with Gasteiger partial charge in [0.1, 0.15) is 11.5 Å². The summed E-state index contributed by atoms with van der Waals surface area (Å²) in [5.74, 6) is 1.31. The number of aryl methyl sites for hydroxylation is 2. The van der Waals surface area contributed by atoms with E-state index in [0.29, 0.717) is 23.7 Å². The normalized spacial score (nSPS) is 10.6. The van der Waals surface area contributed by atoms with Crippen molar-refractivity contribution in [2.45, 2.75) is 20.4 Å². The first-order chi connectivity index (χ1) is 11.5. The lowest BCUT2D eigenvalue weighted by Gasteiger charge is -2.05. The lowest BCUT2D eigenvalue weighted by molar-refractivity contribution is 0.0994. The van der Waals surface area contributed by atoms with Crippen LogP contribution in [0.25, 0.3) is 0 Å². The highest BCUT2D eigenvalue weighted by Gasteiger charge is 2.13. The van der Waals surface area contributed by atoms with Gasteiger partial charge in [0.2, 0.25) is 0 Å². The summed E-state index contributed by atoms with van der Waals surface area (Å²) in [6.45, 7) is 4.42. The maximum absolute atomic E-state index is 12.3. The number of methoxy groups -OCH3 is 1. The summed E-state index contributed by atoms with van der Waals surface area (Å²) in [5.41, 5.74) is 2.65. The molecule has 124 valence electrons. The van der Waals surface area contributed by atoms with Crippen LogP contribution < -0.4 is 10.1 Å². The molecule has 2 aromatic heterocycles. The van der Waals surface area contributed by atoms with Gasteiger partial charge in [0.25, 0.3) is 5.91 Å². The number of hydrogen-bond acceptors (Lipinski definition) is 4. The molecule has 24 heavy (non-hydrogen) atoms. The third-order valence-corrected chi connectivity index (χ3v) is 3.62. The van der Waals surface area contributed by atoms with E-state index < -0.39 is 0 Å². The Hall–Kier alpha value is -3.02. The zero-order valence-corrected chi connectivity index (χ0v) is 13.9. The Morgan fingerprint density at radius 3 is 2.79 bits per heavy atom. The molecule has 0 unspecified atom stereocenters. The lowest BCUT2D eigenvalue weighted by atomic mass is 10.3. The molecule has 0 aliphatic rings. The van der Waals surface area contributed by atoms with Crippen LogP contribution >= 0.6 is 0 Å². The number of hydrogen-bond donors (Lipinski definition) is 1. The molecule has 0 spiro atoms. The number of furan rings is 1. The molecule has 1 aromatic carbocycles. The average Bonchev–Trinajstić information content (AvgIpc) is 3.14. The number of benzene rings is 1. The predicted molar refractivity (Wildman–Crippen MR) is 90.5 cm³/mol. The van der Waals surface area contributed by atoms with Crippen molar-refractivity contribution in [3.8, 4) is 5.75 Å². The molecule has 0 radical (unpaired) electrons. The summed E-state index contributed by atoms with van der Waals surface area (Å²) >= 11 is 0. The van der Waals surface area contributed by atoms with Gasteiger partial charge in [0.05, 0.1) is 19.3 Å². The first-order valence-electron chi connectivity index (χ1n) is 7.60. The van der Waals surface area contributed by atoms with Gasteiger partial charge in [-0.3, -0.25) is 9.48 Å². The van der Waals surface area contributed by atoms with Crippen LogP contribution in [0.3, 0.4) is 0 Å². The molecule has 0 aliphatic carbocycles. The van der Waals surface area contributed by atoms with Crippen molar-refractivity contribution in [2.75, 3.05) is 12.4 Å². The number of anilines is 1. The summed E-state index contributed by atoms with van der Waals surface area (Å²) in [4.78, 5) is 12.3. The van der Waals surface area contributed by atoms with Crippen molar-refractivity contribution >= 4 is 11.6 Å². The number of nitrogens with one attached hydrogen (secondary N) is 1. The van der Waals surface area contributed by atoms with Crippen LogP contribution in [0, 0.1) is 13.8 Å². The Labute approximate surface area is 140 Å². The number of carbonyl (C=O) groups is 1. The fraction of sp³-hybridized carbons (Fsp3) is 0.222. The first kappa shape index (κ1) is 15.9. The van der Waals surface area contributed by atoms with Crippen LogP contribution in [0.5, 0.6) is 5.75 Å². The Kier molecular flexibility index (Phi) is 4.37. The van der Waals surface area contributed by atoms with Crippen molar-refractivity contribution in [3.05, 3.63) is 65.4 Å². The van der Waals surface area contributed by atoms with E-state index >= 15 is 0 Å². The minimum atomic E-state index is -0.303. The van der Waals surface area contributed by atoms with E-state index in [-0.39, 0.29) is 11.7 Å². The quantitative estimate of drug-likeness (QED) is 0.780. The van der Waals surface area contributed by atoms with Gasteiger partial charge in [0, 0.05) is 17.4 Å². The number of rotatable bonds is 5. The molecule has 0 aliphatic heterocycles. The highest BCUT2D eigenvalue weighted by atomic mass is 16.5. The van der Waals surface area contributed by atoms with E-state index in [1.165, 1.54) is 0 Å². The summed E-state index contributed by atoms with van der Waals surface area (Å²) in [7, 11) is 1.58. The molecule has 6 nitrogen and oxygen atoms in total. The lowest BCUT2D eigenvalue weighted by Crippen LogP contribution is -2.11. The molecule has 1 N–H and O–H groups in total. The van der Waals surface area contributed by atoms with Crippen molar-refractivity contribution in [1.29, 1.82) is 0 Å². The van der Waals surface area contributed by atoms with Crippen LogP contribution in [-0.4, -0.2) is 22.8 Å². The van der Waals surface area contributed by atoms with Crippen molar-refractivity contribution < 1.29 is 13.9 Å². The highest BCUT2D eigenvalue weighted by molar-refractivity contribution is 6.02. The number of amides is 1. The zero-order valence-electron chi connectivity index (χ0n) is 13.9. The second-order valence-electron chi connectivity index (χ2n) is 5.54. The van der Waals surface area contributed by atoms with Crippen molar-refractivity contribution in [3.63, 3.8) is 0 Å². The van der Waals surface area contributed by atoms with E-state index in [1.54, 1.807) is 31.4 Å². The Morgan fingerprint density at radius 1 is 1.25 bits per heavy atom. The summed E-state index contributed by atoms with van der Waals surface area (Å²) < 4.78 is 12.6. The van der Waals surface area contributed by atoms with E-state index in [0.717, 1.165) is 11.4 Å². The molecule has 0 atom stereocenters. The highest BCUT2D eigenvalue weighted by Crippen LogP contribution is 2.18. The zero-order chi connectivity index (χ0) is 17.1. The Bertz CT molecular complexity index is 864. The third kappa shape index (κ3) is 3.48. The van der Waals surface area contributed by atoms with E-state index in [2.05, 4.69) is 10.4 Å². The molecular weight excluding hydrogens is 306 g/mol. The minimum absolute atomic E-state index is 0.259. The van der Waals surface area contributed by atoms with Gasteiger partial charge in [-0.05, 0) is 44.2 Å². The van der Waals surface area contributed by atoms with Crippen LogP contribution in [0.1, 0.15) is 27.7 Å². The van der Waals surface area contributed by atoms with Gasteiger partial charge in [-0.15, -0.1) is 0 Å². The molecule has 0 bridgehead atoms. The van der Waals surface area contributed by atoms with Crippen LogP contribution in [0.2, 0.25) is 0 Å². The number of aromatic nitrogens is 2. The minimum Gasteiger partial charge on any atom is -0.497 e. The molecule has 0 saturated heterocycles. The van der Waals surface area contributed by atoms with E-state index in [4.69, 9.17) is 9.15 Å². The monoisotopic (exact) mass is 325 g/mol.